The summed E-state index contributed by atoms with van der Waals surface area (Å²) in [5.74, 6) is -0.575. The van der Waals surface area contributed by atoms with Gasteiger partial charge in [-0.15, -0.1) is 0 Å². The normalized spacial score (nSPS) is 32.8. The monoisotopic (exact) mass is 463 g/mol. The minimum Gasteiger partial charge on any atom is -0.347 e. The van der Waals surface area contributed by atoms with Gasteiger partial charge < -0.3 is 14.4 Å². The number of aryl methyl sites for hydroxylation is 1. The number of hydrogen-bond acceptors (Lipinski definition) is 4. The summed E-state index contributed by atoms with van der Waals surface area (Å²) < 4.78 is 2.17. The summed E-state index contributed by atoms with van der Waals surface area (Å²) in [5, 5.41) is 1.17. The maximum absolute atomic E-state index is 13.7. The van der Waals surface area contributed by atoms with E-state index in [0.29, 0.717) is 19.4 Å². The van der Waals surface area contributed by atoms with Gasteiger partial charge in [0.15, 0.2) is 0 Å². The van der Waals surface area contributed by atoms with Gasteiger partial charge in [0.2, 0.25) is 11.8 Å². The summed E-state index contributed by atoms with van der Waals surface area (Å²) in [5.41, 5.74) is -0.991. The second-order valence-corrected chi connectivity index (χ2v) is 10.4. The van der Waals surface area contributed by atoms with E-state index < -0.39 is 22.9 Å². The number of carbonyl (C=O) groups excluding carboxylic acids is 4. The van der Waals surface area contributed by atoms with Crippen LogP contribution in [-0.2, 0) is 16.1 Å². The number of carbonyl (C=O) groups is 4. The van der Waals surface area contributed by atoms with Crippen LogP contribution >= 0.6 is 0 Å². The number of para-hydroxylation sites is 1. The van der Waals surface area contributed by atoms with E-state index in [-0.39, 0.29) is 37.0 Å². The fourth-order valence-corrected chi connectivity index (χ4v) is 7.01. The van der Waals surface area contributed by atoms with Crippen molar-refractivity contribution in [2.75, 3.05) is 26.7 Å². The van der Waals surface area contributed by atoms with E-state index in [2.05, 4.69) is 22.8 Å². The number of amides is 6. The van der Waals surface area contributed by atoms with Crippen molar-refractivity contribution in [3.05, 3.63) is 36.5 Å². The first-order chi connectivity index (χ1) is 16.2. The van der Waals surface area contributed by atoms with Gasteiger partial charge in [0.25, 0.3) is 0 Å². The van der Waals surface area contributed by atoms with Gasteiger partial charge >= 0.3 is 12.1 Å². The summed E-state index contributed by atoms with van der Waals surface area (Å²) in [4.78, 5) is 59.8. The highest BCUT2D eigenvalue weighted by molar-refractivity contribution is 6.11. The van der Waals surface area contributed by atoms with Crippen LogP contribution in [0.15, 0.2) is 36.5 Å². The lowest BCUT2D eigenvalue weighted by Gasteiger charge is -2.72. The van der Waals surface area contributed by atoms with Crippen molar-refractivity contribution >= 4 is 34.8 Å². The second-order valence-electron chi connectivity index (χ2n) is 10.4. The molecular weight excluding hydrogens is 434 g/mol. The summed E-state index contributed by atoms with van der Waals surface area (Å²) in [6.45, 7) is 5.20. The first-order valence-electron chi connectivity index (χ1n) is 12.0. The Kier molecular flexibility index (Phi) is 4.26. The zero-order valence-corrected chi connectivity index (χ0v) is 19.7. The quantitative estimate of drug-likeness (QED) is 0.697. The topological polar surface area (TPSA) is 86.2 Å². The van der Waals surface area contributed by atoms with Crippen LogP contribution in [0.4, 0.5) is 9.59 Å². The summed E-state index contributed by atoms with van der Waals surface area (Å²) in [7, 11) is 1.69. The molecule has 9 nitrogen and oxygen atoms in total. The van der Waals surface area contributed by atoms with Crippen LogP contribution < -0.4 is 0 Å². The molecule has 178 valence electrons. The summed E-state index contributed by atoms with van der Waals surface area (Å²) in [6, 6.07) is 8.56. The van der Waals surface area contributed by atoms with Crippen LogP contribution in [0.5, 0.6) is 0 Å². The maximum Gasteiger partial charge on any atom is 0.327 e. The molecule has 2 unspecified atom stereocenters. The van der Waals surface area contributed by atoms with Crippen LogP contribution in [0.1, 0.15) is 26.7 Å². The number of hydrogen-bond donors (Lipinski definition) is 0. The standard InChI is InChI=1S/C25H29N5O4/c1-24-18-19-25(24,2)21(32)30(14-7-13-29(20(24)31)22(33)26(18)3)23(34)28(19)12-6-11-27-15-10-16-8-4-5-9-17(16)27/h4-5,8-10,15,18-19H,6-7,11-14H2,1-3H3/t18?,19?,24-,25+/m1/s1. The predicted molar refractivity (Wildman–Crippen MR) is 124 cm³/mol. The molecule has 3 saturated heterocycles. The van der Waals surface area contributed by atoms with Gasteiger partial charge in [-0.2, -0.15) is 0 Å². The number of nitrogens with zero attached hydrogens (tertiary/aromatic N) is 5. The third-order valence-corrected chi connectivity index (χ3v) is 8.94. The number of likely N-dealkylation sites (N-methyl/N-ethyl adjacent to an activating group) is 1. The Morgan fingerprint density at radius 1 is 0.853 bits per heavy atom. The molecule has 6 rings (SSSR count). The van der Waals surface area contributed by atoms with Crippen molar-refractivity contribution in [2.24, 2.45) is 10.8 Å². The Balaban J connectivity index is 1.35. The van der Waals surface area contributed by atoms with Crippen molar-refractivity contribution < 1.29 is 19.2 Å². The Labute approximate surface area is 197 Å². The summed E-state index contributed by atoms with van der Waals surface area (Å²) in [6.07, 6.45) is 3.13. The third kappa shape index (κ3) is 2.30. The number of aromatic nitrogens is 1. The molecule has 4 atom stereocenters. The van der Waals surface area contributed by atoms with Gasteiger partial charge in [-0.05, 0) is 44.2 Å². The van der Waals surface area contributed by atoms with Crippen molar-refractivity contribution in [1.29, 1.82) is 0 Å². The minimum absolute atomic E-state index is 0.209. The molecule has 1 aromatic heterocycles. The molecule has 1 saturated carbocycles. The number of fused-ring (bicyclic) bond motifs is 4. The number of rotatable bonds is 4. The fourth-order valence-electron chi connectivity index (χ4n) is 7.01. The van der Waals surface area contributed by atoms with Gasteiger partial charge in [0.1, 0.15) is 0 Å². The molecule has 9 heteroatoms. The van der Waals surface area contributed by atoms with Gasteiger partial charge in [0.05, 0.1) is 22.9 Å². The van der Waals surface area contributed by atoms with E-state index in [1.54, 1.807) is 23.8 Å². The Morgan fingerprint density at radius 2 is 1.50 bits per heavy atom. The van der Waals surface area contributed by atoms with Crippen molar-refractivity contribution in [3.8, 4) is 0 Å². The van der Waals surface area contributed by atoms with E-state index in [1.165, 1.54) is 15.2 Å². The van der Waals surface area contributed by atoms with Crippen LogP contribution in [0.3, 0.4) is 0 Å². The van der Waals surface area contributed by atoms with E-state index in [0.717, 1.165) is 12.1 Å². The Hall–Kier alpha value is -3.36. The van der Waals surface area contributed by atoms with Gasteiger partial charge in [-0.25, -0.2) is 9.59 Å². The Morgan fingerprint density at radius 3 is 2.24 bits per heavy atom. The van der Waals surface area contributed by atoms with E-state index in [1.807, 2.05) is 25.3 Å². The zero-order valence-electron chi connectivity index (χ0n) is 19.7. The molecule has 0 N–H and O–H groups in total. The van der Waals surface area contributed by atoms with Crippen molar-refractivity contribution in [3.63, 3.8) is 0 Å². The van der Waals surface area contributed by atoms with E-state index >= 15 is 0 Å². The molecule has 4 fully saturated rings. The average Bonchev–Trinajstić information content (AvgIpc) is 3.23. The van der Waals surface area contributed by atoms with Crippen LogP contribution in [-0.4, -0.2) is 86.8 Å². The molecule has 3 aliphatic heterocycles. The van der Waals surface area contributed by atoms with E-state index in [4.69, 9.17) is 0 Å². The van der Waals surface area contributed by atoms with Gasteiger partial charge in [0, 0.05) is 44.9 Å². The molecule has 2 aromatic rings. The highest BCUT2D eigenvalue weighted by Gasteiger charge is 2.82. The van der Waals surface area contributed by atoms with Gasteiger partial charge in [-0.1, -0.05) is 18.2 Å². The molecule has 1 aliphatic carbocycles. The number of benzene rings is 1. The van der Waals surface area contributed by atoms with Crippen LogP contribution in [0, 0.1) is 10.8 Å². The first-order valence-corrected chi connectivity index (χ1v) is 12.0. The Bertz CT molecular complexity index is 1250. The molecule has 0 radical (unpaired) electrons. The largest absolute Gasteiger partial charge is 0.347 e. The average molecular weight is 464 g/mol. The highest BCUT2D eigenvalue weighted by Crippen LogP contribution is 2.65. The van der Waals surface area contributed by atoms with Crippen LogP contribution in [0.2, 0.25) is 0 Å². The zero-order chi connectivity index (χ0) is 24.0. The highest BCUT2D eigenvalue weighted by atomic mass is 16.2. The molecule has 4 aliphatic rings. The number of urea groups is 2. The number of imide groups is 2. The molecule has 1 aromatic carbocycles. The second kappa shape index (κ2) is 6.84. The SMILES string of the molecule is CN1C(=O)N2CCCN3C(=O)N(CCCn4ccc5ccccc54)C4C1[C@](C)(C2=O)[C@]4(C)C3=O. The minimum atomic E-state index is -1.07. The maximum atomic E-state index is 13.7. The smallest absolute Gasteiger partial charge is 0.327 e. The molecule has 4 bridgehead atoms. The molecular formula is C25H29N5O4. The first kappa shape index (κ1) is 21.2. The molecule has 34 heavy (non-hydrogen) atoms. The lowest BCUT2D eigenvalue weighted by atomic mass is 9.41. The summed E-state index contributed by atoms with van der Waals surface area (Å²) >= 11 is 0. The third-order valence-electron chi connectivity index (χ3n) is 8.94. The fraction of sp³-hybridized carbons (Fsp3) is 0.520. The molecule has 0 spiro atoms. The lowest BCUT2D eigenvalue weighted by molar-refractivity contribution is -0.226. The molecule has 4 heterocycles. The lowest BCUT2D eigenvalue weighted by Crippen LogP contribution is -2.90. The van der Waals surface area contributed by atoms with Crippen LogP contribution in [0.25, 0.3) is 10.9 Å². The van der Waals surface area contributed by atoms with E-state index in [9.17, 15) is 19.2 Å². The van der Waals surface area contributed by atoms with Gasteiger partial charge in [-0.3, -0.25) is 19.4 Å². The predicted octanol–water partition coefficient (Wildman–Crippen LogP) is 2.36. The molecule has 6 amide bonds. The van der Waals surface area contributed by atoms with Crippen molar-refractivity contribution in [2.45, 2.75) is 45.3 Å². The van der Waals surface area contributed by atoms with Crippen molar-refractivity contribution in [1.82, 2.24) is 24.2 Å².